The highest BCUT2D eigenvalue weighted by Gasteiger charge is 2.06. The van der Waals surface area contributed by atoms with E-state index in [1.165, 1.54) is 11.3 Å². The Hall–Kier alpha value is -1.93. The SMILES string of the molecule is CS(=O)(=O)NCCc1ccc(-c2csc(Nc3ccc(Cl)cc3)n2)cc1. The summed E-state index contributed by atoms with van der Waals surface area (Å²) in [5.74, 6) is 0. The number of rotatable bonds is 7. The minimum Gasteiger partial charge on any atom is -0.332 e. The number of hydrogen-bond acceptors (Lipinski definition) is 5. The maximum Gasteiger partial charge on any atom is 0.208 e. The van der Waals surface area contributed by atoms with Crippen LogP contribution in [0.2, 0.25) is 5.02 Å². The van der Waals surface area contributed by atoms with Gasteiger partial charge in [-0.1, -0.05) is 35.9 Å². The van der Waals surface area contributed by atoms with Gasteiger partial charge in [-0.3, -0.25) is 0 Å². The number of aromatic nitrogens is 1. The summed E-state index contributed by atoms with van der Waals surface area (Å²) in [5.41, 5.74) is 3.92. The first-order valence-corrected chi connectivity index (χ1v) is 11.1. The van der Waals surface area contributed by atoms with Crippen LogP contribution in [0, 0.1) is 0 Å². The van der Waals surface area contributed by atoms with Gasteiger partial charge in [0.1, 0.15) is 0 Å². The van der Waals surface area contributed by atoms with Crippen LogP contribution < -0.4 is 10.0 Å². The van der Waals surface area contributed by atoms with Crippen molar-refractivity contribution in [3.05, 3.63) is 64.5 Å². The lowest BCUT2D eigenvalue weighted by Crippen LogP contribution is -2.24. The van der Waals surface area contributed by atoms with Gasteiger partial charge in [0.25, 0.3) is 0 Å². The molecular formula is C18H18ClN3O2S2. The molecule has 0 aliphatic heterocycles. The first kappa shape index (κ1) is 18.8. The number of thiazole rings is 1. The molecule has 0 aliphatic rings. The predicted octanol–water partition coefficient (Wildman–Crippen LogP) is 4.30. The molecule has 0 radical (unpaired) electrons. The average molecular weight is 408 g/mol. The van der Waals surface area contributed by atoms with E-state index >= 15 is 0 Å². The van der Waals surface area contributed by atoms with E-state index in [0.717, 1.165) is 33.9 Å². The summed E-state index contributed by atoms with van der Waals surface area (Å²) < 4.78 is 24.7. The Labute approximate surface area is 162 Å². The van der Waals surface area contributed by atoms with E-state index in [1.807, 2.05) is 53.9 Å². The fourth-order valence-electron chi connectivity index (χ4n) is 2.34. The van der Waals surface area contributed by atoms with Gasteiger partial charge in [0.05, 0.1) is 11.9 Å². The van der Waals surface area contributed by atoms with Gasteiger partial charge >= 0.3 is 0 Å². The number of sulfonamides is 1. The average Bonchev–Trinajstić information content (AvgIpc) is 3.05. The molecule has 0 aliphatic carbocycles. The van der Waals surface area contributed by atoms with Crippen molar-refractivity contribution in [2.45, 2.75) is 6.42 Å². The van der Waals surface area contributed by atoms with E-state index in [2.05, 4.69) is 15.0 Å². The van der Waals surface area contributed by atoms with Crippen LogP contribution in [0.4, 0.5) is 10.8 Å². The fraction of sp³-hybridized carbons (Fsp3) is 0.167. The summed E-state index contributed by atoms with van der Waals surface area (Å²) in [6.45, 7) is 0.393. The molecule has 2 N–H and O–H groups in total. The summed E-state index contributed by atoms with van der Waals surface area (Å²) >= 11 is 7.42. The van der Waals surface area contributed by atoms with Crippen molar-refractivity contribution in [1.82, 2.24) is 9.71 Å². The molecule has 0 saturated carbocycles. The molecule has 3 rings (SSSR count). The zero-order valence-electron chi connectivity index (χ0n) is 14.1. The first-order valence-electron chi connectivity index (χ1n) is 7.91. The minimum absolute atomic E-state index is 0.393. The molecule has 1 aromatic heterocycles. The summed E-state index contributed by atoms with van der Waals surface area (Å²) in [4.78, 5) is 4.61. The molecule has 1 heterocycles. The molecule has 0 amide bonds. The van der Waals surface area contributed by atoms with E-state index in [-0.39, 0.29) is 0 Å². The Morgan fingerprint density at radius 2 is 1.77 bits per heavy atom. The maximum absolute atomic E-state index is 11.1. The van der Waals surface area contributed by atoms with Gasteiger partial charge < -0.3 is 5.32 Å². The molecule has 0 saturated heterocycles. The van der Waals surface area contributed by atoms with Crippen LogP contribution in [0.15, 0.2) is 53.9 Å². The molecule has 8 heteroatoms. The molecule has 0 fully saturated rings. The molecule has 2 aromatic carbocycles. The van der Waals surface area contributed by atoms with Gasteiger partial charge in [-0.05, 0) is 36.2 Å². The standard InChI is InChI=1S/C18H18ClN3O2S2/c1-26(23,24)20-11-10-13-2-4-14(5-3-13)17-12-25-18(22-17)21-16-8-6-15(19)7-9-16/h2-9,12,20H,10-11H2,1H3,(H,21,22). The van der Waals surface area contributed by atoms with Crippen LogP contribution in [0.3, 0.4) is 0 Å². The van der Waals surface area contributed by atoms with Gasteiger partial charge in [0, 0.05) is 28.2 Å². The zero-order valence-corrected chi connectivity index (χ0v) is 16.5. The van der Waals surface area contributed by atoms with Gasteiger partial charge in [-0.2, -0.15) is 0 Å². The second kappa shape index (κ2) is 8.18. The molecular weight excluding hydrogens is 390 g/mol. The Morgan fingerprint density at radius 3 is 2.42 bits per heavy atom. The highest BCUT2D eigenvalue weighted by Crippen LogP contribution is 2.27. The molecule has 0 bridgehead atoms. The monoisotopic (exact) mass is 407 g/mol. The normalized spacial score (nSPS) is 11.5. The van der Waals surface area contributed by atoms with Crippen molar-refractivity contribution in [2.24, 2.45) is 0 Å². The van der Waals surface area contributed by atoms with Crippen LogP contribution in [0.25, 0.3) is 11.3 Å². The van der Waals surface area contributed by atoms with Gasteiger partial charge in [0.15, 0.2) is 5.13 Å². The fourth-order valence-corrected chi connectivity index (χ4v) is 3.68. The lowest BCUT2D eigenvalue weighted by atomic mass is 10.1. The van der Waals surface area contributed by atoms with Crippen LogP contribution in [0.5, 0.6) is 0 Å². The van der Waals surface area contributed by atoms with Crippen molar-refractivity contribution >= 4 is 43.8 Å². The number of halogens is 1. The Balaban J connectivity index is 1.62. The van der Waals surface area contributed by atoms with E-state index in [9.17, 15) is 8.42 Å². The summed E-state index contributed by atoms with van der Waals surface area (Å²) in [5, 5.41) is 6.76. The Kier molecular flexibility index (Phi) is 5.93. The third-order valence-electron chi connectivity index (χ3n) is 3.63. The molecule has 136 valence electrons. The van der Waals surface area contributed by atoms with Crippen molar-refractivity contribution in [3.63, 3.8) is 0 Å². The van der Waals surface area contributed by atoms with E-state index in [0.29, 0.717) is 18.0 Å². The molecule has 0 spiro atoms. The molecule has 3 aromatic rings. The van der Waals surface area contributed by atoms with E-state index in [1.54, 1.807) is 0 Å². The van der Waals surface area contributed by atoms with E-state index < -0.39 is 10.0 Å². The molecule has 0 unspecified atom stereocenters. The number of nitrogens with zero attached hydrogens (tertiary/aromatic N) is 1. The largest absolute Gasteiger partial charge is 0.332 e. The zero-order chi connectivity index (χ0) is 18.6. The maximum atomic E-state index is 11.1. The Bertz CT molecular complexity index is 968. The van der Waals surface area contributed by atoms with Crippen molar-refractivity contribution in [2.75, 3.05) is 18.1 Å². The number of benzene rings is 2. The third kappa shape index (κ3) is 5.54. The van der Waals surface area contributed by atoms with Gasteiger partial charge in [-0.25, -0.2) is 18.1 Å². The van der Waals surface area contributed by atoms with Crippen molar-refractivity contribution < 1.29 is 8.42 Å². The second-order valence-corrected chi connectivity index (χ2v) is 8.91. The van der Waals surface area contributed by atoms with Crippen LogP contribution in [-0.4, -0.2) is 26.2 Å². The summed E-state index contributed by atoms with van der Waals surface area (Å²) in [6, 6.07) is 15.4. The molecule has 5 nitrogen and oxygen atoms in total. The number of nitrogens with one attached hydrogen (secondary N) is 2. The number of anilines is 2. The summed E-state index contributed by atoms with van der Waals surface area (Å²) in [6.07, 6.45) is 1.81. The van der Waals surface area contributed by atoms with Crippen LogP contribution in [-0.2, 0) is 16.4 Å². The first-order chi connectivity index (χ1) is 12.4. The highest BCUT2D eigenvalue weighted by atomic mass is 35.5. The summed E-state index contributed by atoms with van der Waals surface area (Å²) in [7, 11) is -3.14. The minimum atomic E-state index is -3.14. The second-order valence-electron chi connectivity index (χ2n) is 5.78. The van der Waals surface area contributed by atoms with Crippen LogP contribution in [0.1, 0.15) is 5.56 Å². The van der Waals surface area contributed by atoms with Crippen molar-refractivity contribution in [3.8, 4) is 11.3 Å². The predicted molar refractivity (Wildman–Crippen MR) is 109 cm³/mol. The smallest absolute Gasteiger partial charge is 0.208 e. The highest BCUT2D eigenvalue weighted by molar-refractivity contribution is 7.88. The van der Waals surface area contributed by atoms with Gasteiger partial charge in [-0.15, -0.1) is 11.3 Å². The number of hydrogen-bond donors (Lipinski definition) is 2. The quantitative estimate of drug-likeness (QED) is 0.612. The molecule has 0 atom stereocenters. The van der Waals surface area contributed by atoms with Crippen molar-refractivity contribution in [1.29, 1.82) is 0 Å². The third-order valence-corrected chi connectivity index (χ3v) is 5.37. The van der Waals surface area contributed by atoms with Gasteiger partial charge in [0.2, 0.25) is 10.0 Å². The lowest BCUT2D eigenvalue weighted by Gasteiger charge is -2.04. The molecule has 26 heavy (non-hydrogen) atoms. The van der Waals surface area contributed by atoms with Crippen LogP contribution >= 0.6 is 22.9 Å². The van der Waals surface area contributed by atoms with E-state index in [4.69, 9.17) is 11.6 Å². The topological polar surface area (TPSA) is 71.1 Å². The lowest BCUT2D eigenvalue weighted by molar-refractivity contribution is 0.588. The Morgan fingerprint density at radius 1 is 1.08 bits per heavy atom.